The van der Waals surface area contributed by atoms with Gasteiger partial charge in [-0.25, -0.2) is 4.39 Å². The fourth-order valence-corrected chi connectivity index (χ4v) is 1.52. The first-order chi connectivity index (χ1) is 7.68. The second kappa shape index (κ2) is 4.39. The van der Waals surface area contributed by atoms with Crippen LogP contribution in [0.1, 0.15) is 13.8 Å². The monoisotopic (exact) mass is 220 g/mol. The molecule has 84 valence electrons. The SMILES string of the molecule is CC(C)Oc1cccc(F)c1-c1ccco1. The predicted molar refractivity (Wildman–Crippen MR) is 59.9 cm³/mol. The maximum Gasteiger partial charge on any atom is 0.140 e. The summed E-state index contributed by atoms with van der Waals surface area (Å²) in [5.41, 5.74) is 0.376. The van der Waals surface area contributed by atoms with Crippen LogP contribution in [0.15, 0.2) is 41.0 Å². The third-order valence-corrected chi connectivity index (χ3v) is 2.11. The Hall–Kier alpha value is -1.77. The Kier molecular flexibility index (Phi) is 2.95. The van der Waals surface area contributed by atoms with Crippen molar-refractivity contribution in [3.05, 3.63) is 42.4 Å². The molecule has 2 nitrogen and oxygen atoms in total. The molecule has 1 aromatic carbocycles. The van der Waals surface area contributed by atoms with Gasteiger partial charge in [0.15, 0.2) is 0 Å². The molecule has 2 aromatic rings. The summed E-state index contributed by atoms with van der Waals surface area (Å²) in [4.78, 5) is 0. The largest absolute Gasteiger partial charge is 0.490 e. The Bertz CT molecular complexity index is 461. The molecule has 0 fully saturated rings. The van der Waals surface area contributed by atoms with E-state index in [0.717, 1.165) is 0 Å². The molecular weight excluding hydrogens is 207 g/mol. The molecule has 0 spiro atoms. The van der Waals surface area contributed by atoms with Crippen molar-refractivity contribution in [3.8, 4) is 17.1 Å². The van der Waals surface area contributed by atoms with E-state index in [1.807, 2.05) is 13.8 Å². The van der Waals surface area contributed by atoms with Gasteiger partial charge in [0.05, 0.1) is 17.9 Å². The van der Waals surface area contributed by atoms with Crippen molar-refractivity contribution in [3.63, 3.8) is 0 Å². The minimum atomic E-state index is -0.340. The van der Waals surface area contributed by atoms with E-state index < -0.39 is 0 Å². The number of benzene rings is 1. The van der Waals surface area contributed by atoms with E-state index in [1.54, 1.807) is 24.3 Å². The van der Waals surface area contributed by atoms with Gasteiger partial charge < -0.3 is 9.15 Å². The zero-order chi connectivity index (χ0) is 11.5. The number of hydrogen-bond donors (Lipinski definition) is 0. The summed E-state index contributed by atoms with van der Waals surface area (Å²) < 4.78 is 24.5. The molecule has 0 saturated heterocycles. The molecule has 0 radical (unpaired) electrons. The molecule has 1 heterocycles. The summed E-state index contributed by atoms with van der Waals surface area (Å²) in [5, 5.41) is 0. The van der Waals surface area contributed by atoms with E-state index in [1.165, 1.54) is 12.3 Å². The summed E-state index contributed by atoms with van der Waals surface area (Å²) in [7, 11) is 0. The molecule has 3 heteroatoms. The van der Waals surface area contributed by atoms with Crippen LogP contribution in [0.2, 0.25) is 0 Å². The van der Waals surface area contributed by atoms with E-state index in [0.29, 0.717) is 17.1 Å². The fourth-order valence-electron chi connectivity index (χ4n) is 1.52. The Morgan fingerprint density at radius 3 is 2.62 bits per heavy atom. The van der Waals surface area contributed by atoms with Gasteiger partial charge >= 0.3 is 0 Å². The maximum absolute atomic E-state index is 13.7. The van der Waals surface area contributed by atoms with E-state index >= 15 is 0 Å². The first-order valence-corrected chi connectivity index (χ1v) is 5.17. The van der Waals surface area contributed by atoms with Crippen LogP contribution in [-0.2, 0) is 0 Å². The highest BCUT2D eigenvalue weighted by atomic mass is 19.1. The Morgan fingerprint density at radius 1 is 1.19 bits per heavy atom. The standard InChI is InChI=1S/C13H13FO2/c1-9(2)16-12-6-3-5-10(14)13(12)11-7-4-8-15-11/h3-9H,1-2H3. The lowest BCUT2D eigenvalue weighted by atomic mass is 10.1. The highest BCUT2D eigenvalue weighted by molar-refractivity contribution is 5.66. The molecule has 0 aliphatic carbocycles. The average molecular weight is 220 g/mol. The number of hydrogen-bond acceptors (Lipinski definition) is 2. The van der Waals surface area contributed by atoms with Crippen molar-refractivity contribution in [2.24, 2.45) is 0 Å². The normalized spacial score (nSPS) is 10.8. The molecule has 0 unspecified atom stereocenters. The molecule has 0 N–H and O–H groups in total. The summed E-state index contributed by atoms with van der Waals surface area (Å²) >= 11 is 0. The van der Waals surface area contributed by atoms with Gasteiger partial charge in [0.25, 0.3) is 0 Å². The molecular formula is C13H13FO2. The second-order valence-corrected chi connectivity index (χ2v) is 3.76. The van der Waals surface area contributed by atoms with Gasteiger partial charge in [-0.15, -0.1) is 0 Å². The van der Waals surface area contributed by atoms with Crippen molar-refractivity contribution in [1.82, 2.24) is 0 Å². The highest BCUT2D eigenvalue weighted by Gasteiger charge is 2.15. The molecule has 0 bridgehead atoms. The van der Waals surface area contributed by atoms with Crippen LogP contribution < -0.4 is 4.74 Å². The van der Waals surface area contributed by atoms with Crippen LogP contribution >= 0.6 is 0 Å². The van der Waals surface area contributed by atoms with Gasteiger partial charge in [-0.2, -0.15) is 0 Å². The number of rotatable bonds is 3. The number of halogens is 1. The lowest BCUT2D eigenvalue weighted by Gasteiger charge is -2.13. The van der Waals surface area contributed by atoms with Gasteiger partial charge in [0.1, 0.15) is 17.3 Å². The lowest BCUT2D eigenvalue weighted by molar-refractivity contribution is 0.242. The van der Waals surface area contributed by atoms with E-state index in [4.69, 9.17) is 9.15 Å². The summed E-state index contributed by atoms with van der Waals surface area (Å²) in [6.07, 6.45) is 1.51. The molecule has 0 atom stereocenters. The maximum atomic E-state index is 13.7. The molecule has 0 saturated carbocycles. The number of furan rings is 1. The van der Waals surface area contributed by atoms with Crippen molar-refractivity contribution < 1.29 is 13.5 Å². The van der Waals surface area contributed by atoms with Gasteiger partial charge in [0, 0.05) is 0 Å². The minimum Gasteiger partial charge on any atom is -0.490 e. The van der Waals surface area contributed by atoms with Gasteiger partial charge in [-0.3, -0.25) is 0 Å². The summed E-state index contributed by atoms with van der Waals surface area (Å²) in [5.74, 6) is 0.645. The van der Waals surface area contributed by atoms with Gasteiger partial charge in [-0.1, -0.05) is 6.07 Å². The van der Waals surface area contributed by atoms with E-state index in [2.05, 4.69) is 0 Å². The summed E-state index contributed by atoms with van der Waals surface area (Å²) in [6.45, 7) is 3.80. The number of ether oxygens (including phenoxy) is 1. The Balaban J connectivity index is 2.49. The molecule has 0 aliphatic heterocycles. The Labute approximate surface area is 93.7 Å². The average Bonchev–Trinajstić information content (AvgIpc) is 2.69. The molecule has 2 rings (SSSR count). The van der Waals surface area contributed by atoms with Crippen molar-refractivity contribution >= 4 is 0 Å². The third kappa shape index (κ3) is 2.08. The van der Waals surface area contributed by atoms with E-state index in [9.17, 15) is 4.39 Å². The van der Waals surface area contributed by atoms with Crippen molar-refractivity contribution in [2.45, 2.75) is 20.0 Å². The highest BCUT2D eigenvalue weighted by Crippen LogP contribution is 2.33. The van der Waals surface area contributed by atoms with Crippen LogP contribution in [0.25, 0.3) is 11.3 Å². The second-order valence-electron chi connectivity index (χ2n) is 3.76. The van der Waals surface area contributed by atoms with E-state index in [-0.39, 0.29) is 11.9 Å². The van der Waals surface area contributed by atoms with Crippen molar-refractivity contribution in [1.29, 1.82) is 0 Å². The van der Waals surface area contributed by atoms with Crippen molar-refractivity contribution in [2.75, 3.05) is 0 Å². The zero-order valence-electron chi connectivity index (χ0n) is 9.24. The van der Waals surface area contributed by atoms with Crippen LogP contribution in [0.3, 0.4) is 0 Å². The molecule has 0 amide bonds. The smallest absolute Gasteiger partial charge is 0.140 e. The van der Waals surface area contributed by atoms with Crippen LogP contribution in [0.4, 0.5) is 4.39 Å². The summed E-state index contributed by atoms with van der Waals surface area (Å²) in [6, 6.07) is 8.19. The zero-order valence-corrected chi connectivity index (χ0v) is 9.24. The quantitative estimate of drug-likeness (QED) is 0.783. The molecule has 0 aliphatic rings. The first-order valence-electron chi connectivity index (χ1n) is 5.17. The van der Waals surface area contributed by atoms with Crippen LogP contribution in [-0.4, -0.2) is 6.10 Å². The predicted octanol–water partition coefficient (Wildman–Crippen LogP) is 3.87. The molecule has 1 aromatic heterocycles. The van der Waals surface area contributed by atoms with Gasteiger partial charge in [0.2, 0.25) is 0 Å². The van der Waals surface area contributed by atoms with Crippen LogP contribution in [0, 0.1) is 5.82 Å². The first kappa shape index (κ1) is 10.7. The Morgan fingerprint density at radius 2 is 2.00 bits per heavy atom. The van der Waals surface area contributed by atoms with Crippen LogP contribution in [0.5, 0.6) is 5.75 Å². The topological polar surface area (TPSA) is 22.4 Å². The fraction of sp³-hybridized carbons (Fsp3) is 0.231. The molecule has 16 heavy (non-hydrogen) atoms. The lowest BCUT2D eigenvalue weighted by Crippen LogP contribution is -2.07. The van der Waals surface area contributed by atoms with Gasteiger partial charge in [-0.05, 0) is 38.1 Å². The minimum absolute atomic E-state index is 0.00416. The third-order valence-electron chi connectivity index (χ3n) is 2.11.